The Balaban J connectivity index is 2.28. The summed E-state index contributed by atoms with van der Waals surface area (Å²) in [6.45, 7) is 4.55. The van der Waals surface area contributed by atoms with Gasteiger partial charge in [0.05, 0.1) is 8.80 Å². The molecule has 93 valence electrons. The average Bonchev–Trinajstić information content (AvgIpc) is 2.43. The van der Waals surface area contributed by atoms with E-state index in [4.69, 9.17) is 4.74 Å². The lowest BCUT2D eigenvalue weighted by Gasteiger charge is -2.16. The van der Waals surface area contributed by atoms with E-state index >= 15 is 0 Å². The van der Waals surface area contributed by atoms with Crippen LogP contribution in [0.1, 0.15) is 13.8 Å². The van der Waals surface area contributed by atoms with Crippen LogP contribution in [0.25, 0.3) is 0 Å². The van der Waals surface area contributed by atoms with Gasteiger partial charge in [-0.15, -0.1) is 0 Å². The second kappa shape index (κ2) is 6.41. The van der Waals surface area contributed by atoms with Gasteiger partial charge in [-0.2, -0.15) is 0 Å². The highest BCUT2D eigenvalue weighted by Gasteiger charge is 2.14. The molecule has 0 aliphatic carbocycles. The first-order valence-corrected chi connectivity index (χ1v) is 8.43. The highest BCUT2D eigenvalue weighted by Crippen LogP contribution is 2.20. The number of benzene rings is 2. The lowest BCUT2D eigenvalue weighted by Crippen LogP contribution is -2.29. The molecule has 18 heavy (non-hydrogen) atoms. The number of hydrogen-bond acceptors (Lipinski definition) is 1. The summed E-state index contributed by atoms with van der Waals surface area (Å²) < 4.78 is 6.02. The minimum absolute atomic E-state index is 0.475. The molecule has 2 aromatic carbocycles. The first kappa shape index (κ1) is 12.9. The molecule has 0 aromatic heterocycles. The van der Waals surface area contributed by atoms with Crippen molar-refractivity contribution < 1.29 is 4.74 Å². The van der Waals surface area contributed by atoms with Crippen LogP contribution in [0.15, 0.2) is 54.6 Å². The van der Waals surface area contributed by atoms with Crippen molar-refractivity contribution in [3.63, 3.8) is 0 Å². The second-order valence-electron chi connectivity index (χ2n) is 4.22. The van der Waals surface area contributed by atoms with Crippen LogP contribution < -0.4 is 9.92 Å². The number of para-hydroxylation sites is 2. The molecule has 0 fully saturated rings. The van der Waals surface area contributed by atoms with Gasteiger partial charge in [-0.3, -0.25) is 0 Å². The van der Waals surface area contributed by atoms with E-state index in [2.05, 4.69) is 32.0 Å². The molecule has 0 spiro atoms. The molecule has 1 nitrogen and oxygen atoms in total. The Morgan fingerprint density at radius 3 is 2.11 bits per heavy atom. The third-order valence-corrected chi connectivity index (χ3v) is 5.97. The predicted molar refractivity (Wildman–Crippen MR) is 79.3 cm³/mol. The first-order chi connectivity index (χ1) is 8.85. The summed E-state index contributed by atoms with van der Waals surface area (Å²) in [7, 11) is -0.475. The molecule has 0 aliphatic heterocycles. The molecule has 0 saturated heterocycles. The lowest BCUT2D eigenvalue weighted by molar-refractivity contribution is 0.486. The fourth-order valence-corrected chi connectivity index (χ4v) is 4.17. The van der Waals surface area contributed by atoms with Crippen molar-refractivity contribution in [1.29, 1.82) is 0 Å². The van der Waals surface area contributed by atoms with Gasteiger partial charge in [-0.1, -0.05) is 62.3 Å². The van der Waals surface area contributed by atoms with Gasteiger partial charge < -0.3 is 4.74 Å². The van der Waals surface area contributed by atoms with Crippen molar-refractivity contribution in [2.75, 3.05) is 0 Å². The van der Waals surface area contributed by atoms with E-state index in [1.807, 2.05) is 36.4 Å². The van der Waals surface area contributed by atoms with E-state index in [-0.39, 0.29) is 0 Å². The lowest BCUT2D eigenvalue weighted by atomic mass is 10.3. The highest BCUT2D eigenvalue weighted by atomic mass is 28.3. The summed E-state index contributed by atoms with van der Waals surface area (Å²) in [5.41, 5.74) is 0. The van der Waals surface area contributed by atoms with Gasteiger partial charge in [0, 0.05) is 0 Å². The molecule has 0 atom stereocenters. The van der Waals surface area contributed by atoms with Crippen LogP contribution >= 0.6 is 0 Å². The zero-order valence-electron chi connectivity index (χ0n) is 11.0. The highest BCUT2D eigenvalue weighted by molar-refractivity contribution is 6.73. The molecule has 0 unspecified atom stereocenters. The number of rotatable bonds is 5. The van der Waals surface area contributed by atoms with Crippen LogP contribution in [0.3, 0.4) is 0 Å². The Morgan fingerprint density at radius 2 is 1.44 bits per heavy atom. The Labute approximate surface area is 111 Å². The third-order valence-electron chi connectivity index (χ3n) is 3.09. The summed E-state index contributed by atoms with van der Waals surface area (Å²) in [4.78, 5) is 0. The molecule has 0 amide bonds. The molecule has 1 radical (unpaired) electrons. The zero-order valence-corrected chi connectivity index (χ0v) is 12.0. The molecule has 0 heterocycles. The van der Waals surface area contributed by atoms with E-state index in [0.29, 0.717) is 0 Å². The van der Waals surface area contributed by atoms with Crippen molar-refractivity contribution in [3.8, 4) is 11.5 Å². The van der Waals surface area contributed by atoms with Crippen molar-refractivity contribution in [2.24, 2.45) is 0 Å². The fraction of sp³-hybridized carbons (Fsp3) is 0.250. The molecule has 0 N–H and O–H groups in total. The fourth-order valence-electron chi connectivity index (χ4n) is 2.09. The Kier molecular flexibility index (Phi) is 4.59. The Hall–Kier alpha value is -1.54. The summed E-state index contributed by atoms with van der Waals surface area (Å²) in [6, 6.07) is 21.0. The summed E-state index contributed by atoms with van der Waals surface area (Å²) in [5, 5.41) is 1.41. The van der Waals surface area contributed by atoms with Gasteiger partial charge in [-0.25, -0.2) is 0 Å². The van der Waals surface area contributed by atoms with Gasteiger partial charge in [0.1, 0.15) is 11.5 Å². The maximum atomic E-state index is 6.02. The maximum absolute atomic E-state index is 6.02. The van der Waals surface area contributed by atoms with Gasteiger partial charge in [0.2, 0.25) is 0 Å². The maximum Gasteiger partial charge on any atom is 0.127 e. The van der Waals surface area contributed by atoms with E-state index in [1.54, 1.807) is 0 Å². The third kappa shape index (κ3) is 3.02. The molecule has 2 heteroatoms. The van der Waals surface area contributed by atoms with E-state index in [1.165, 1.54) is 17.3 Å². The van der Waals surface area contributed by atoms with Crippen LogP contribution in [0, 0.1) is 0 Å². The average molecular weight is 255 g/mol. The minimum atomic E-state index is -0.475. The monoisotopic (exact) mass is 255 g/mol. The van der Waals surface area contributed by atoms with Gasteiger partial charge in [0.15, 0.2) is 0 Å². The topological polar surface area (TPSA) is 9.23 Å². The summed E-state index contributed by atoms with van der Waals surface area (Å²) >= 11 is 0. The van der Waals surface area contributed by atoms with Gasteiger partial charge >= 0.3 is 0 Å². The quantitative estimate of drug-likeness (QED) is 0.727. The van der Waals surface area contributed by atoms with Crippen molar-refractivity contribution in [3.05, 3.63) is 54.6 Å². The standard InChI is InChI=1S/C16H19OSi/c1-3-18(4-2)16-13-9-8-12-15(16)17-14-10-6-5-7-11-14/h5-13H,3-4H2,1-2H3. The van der Waals surface area contributed by atoms with E-state index in [0.717, 1.165) is 11.5 Å². The smallest absolute Gasteiger partial charge is 0.127 e. The van der Waals surface area contributed by atoms with Crippen molar-refractivity contribution in [2.45, 2.75) is 25.9 Å². The van der Waals surface area contributed by atoms with Crippen LogP contribution in [0.4, 0.5) is 0 Å². The molecule has 0 aliphatic rings. The second-order valence-corrected chi connectivity index (χ2v) is 7.38. The van der Waals surface area contributed by atoms with Crippen LogP contribution in [0.5, 0.6) is 11.5 Å². The first-order valence-electron chi connectivity index (χ1n) is 6.52. The largest absolute Gasteiger partial charge is 0.458 e. The van der Waals surface area contributed by atoms with E-state index in [9.17, 15) is 0 Å². The zero-order chi connectivity index (χ0) is 12.8. The van der Waals surface area contributed by atoms with Crippen LogP contribution in [-0.2, 0) is 0 Å². The Bertz CT molecular complexity index is 477. The number of ether oxygens (including phenoxy) is 1. The molecule has 0 bridgehead atoms. The Morgan fingerprint density at radius 1 is 0.833 bits per heavy atom. The molecule has 0 saturated carbocycles. The molecular weight excluding hydrogens is 236 g/mol. The molecule has 2 aromatic rings. The normalized spacial score (nSPS) is 10.6. The summed E-state index contributed by atoms with van der Waals surface area (Å²) in [6.07, 6.45) is 0. The van der Waals surface area contributed by atoms with Gasteiger partial charge in [0.25, 0.3) is 0 Å². The molecule has 2 rings (SSSR count). The molecular formula is C16H19OSi. The van der Waals surface area contributed by atoms with E-state index < -0.39 is 8.80 Å². The predicted octanol–water partition coefficient (Wildman–Crippen LogP) is 4.22. The summed E-state index contributed by atoms with van der Waals surface area (Å²) in [5.74, 6) is 1.94. The van der Waals surface area contributed by atoms with Crippen LogP contribution in [-0.4, -0.2) is 8.80 Å². The van der Waals surface area contributed by atoms with Crippen molar-refractivity contribution in [1.82, 2.24) is 0 Å². The van der Waals surface area contributed by atoms with Gasteiger partial charge in [-0.05, 0) is 23.4 Å². The minimum Gasteiger partial charge on any atom is -0.458 e. The SMILES string of the molecule is CC[Si](CC)c1ccccc1Oc1ccccc1. The number of hydrogen-bond donors (Lipinski definition) is 0. The van der Waals surface area contributed by atoms with Crippen LogP contribution in [0.2, 0.25) is 12.1 Å². The van der Waals surface area contributed by atoms with Crippen molar-refractivity contribution >= 4 is 14.0 Å².